The van der Waals surface area contributed by atoms with Crippen molar-refractivity contribution in [1.82, 2.24) is 24.9 Å². The standard InChI is InChI=1S/C21H24N8O/c1-13(23)24-9-14(8-22)18-7-6-17(11-25-18)21(2,16-4-5-16)20-27-19(30-28-20)15-10-26-29(3)12-15/h6-12,16H,1,4-5,22-23H2,2-3H3/b14-8+,24-9-/t21-/m0/s1. The Kier molecular flexibility index (Phi) is 4.94. The molecule has 3 aromatic heterocycles. The molecule has 0 unspecified atom stereocenters. The van der Waals surface area contributed by atoms with Gasteiger partial charge in [-0.1, -0.05) is 17.8 Å². The van der Waals surface area contributed by atoms with Crippen LogP contribution in [0.1, 0.15) is 36.8 Å². The Balaban J connectivity index is 1.66. The molecule has 0 radical (unpaired) electrons. The molecule has 0 aliphatic heterocycles. The van der Waals surface area contributed by atoms with Crippen LogP contribution in [0.4, 0.5) is 0 Å². The molecule has 0 bridgehead atoms. The van der Waals surface area contributed by atoms with Gasteiger partial charge in [0.15, 0.2) is 5.82 Å². The molecule has 154 valence electrons. The van der Waals surface area contributed by atoms with Crippen LogP contribution in [0.15, 0.2) is 58.8 Å². The van der Waals surface area contributed by atoms with E-state index in [0.29, 0.717) is 28.9 Å². The van der Waals surface area contributed by atoms with E-state index in [1.165, 1.54) is 6.20 Å². The summed E-state index contributed by atoms with van der Waals surface area (Å²) in [7, 11) is 1.85. The van der Waals surface area contributed by atoms with Crippen molar-refractivity contribution in [3.63, 3.8) is 0 Å². The molecule has 4 N–H and O–H groups in total. The lowest BCUT2D eigenvalue weighted by molar-refractivity contribution is 0.386. The van der Waals surface area contributed by atoms with Crippen LogP contribution in [0.5, 0.6) is 0 Å². The summed E-state index contributed by atoms with van der Waals surface area (Å²) in [5, 5.41) is 8.48. The molecule has 4 rings (SSSR count). The summed E-state index contributed by atoms with van der Waals surface area (Å²) >= 11 is 0. The van der Waals surface area contributed by atoms with E-state index in [2.05, 4.69) is 33.7 Å². The van der Waals surface area contributed by atoms with Crippen LogP contribution in [0, 0.1) is 5.92 Å². The Morgan fingerprint density at radius 3 is 2.73 bits per heavy atom. The topological polar surface area (TPSA) is 134 Å². The first-order valence-corrected chi connectivity index (χ1v) is 9.62. The van der Waals surface area contributed by atoms with Gasteiger partial charge in [0.2, 0.25) is 0 Å². The summed E-state index contributed by atoms with van der Waals surface area (Å²) in [6.07, 6.45) is 10.6. The normalized spacial score (nSPS) is 16.7. The smallest absolute Gasteiger partial charge is 0.261 e. The van der Waals surface area contributed by atoms with Crippen molar-refractivity contribution < 1.29 is 4.52 Å². The molecule has 0 spiro atoms. The molecule has 1 aliphatic rings. The van der Waals surface area contributed by atoms with E-state index >= 15 is 0 Å². The van der Waals surface area contributed by atoms with Crippen LogP contribution in [-0.4, -0.2) is 31.1 Å². The van der Waals surface area contributed by atoms with Gasteiger partial charge in [-0.3, -0.25) is 9.67 Å². The van der Waals surface area contributed by atoms with Crippen LogP contribution < -0.4 is 11.5 Å². The maximum Gasteiger partial charge on any atom is 0.261 e. The predicted molar refractivity (Wildman–Crippen MR) is 114 cm³/mol. The number of rotatable bonds is 7. The first-order valence-electron chi connectivity index (χ1n) is 9.62. The molecule has 30 heavy (non-hydrogen) atoms. The fraction of sp³-hybridized carbons (Fsp3) is 0.286. The first kappa shape index (κ1) is 19.6. The van der Waals surface area contributed by atoms with Gasteiger partial charge in [0, 0.05) is 37.4 Å². The quantitative estimate of drug-likeness (QED) is 0.577. The summed E-state index contributed by atoms with van der Waals surface area (Å²) in [4.78, 5) is 13.3. The number of hydrogen-bond donors (Lipinski definition) is 2. The summed E-state index contributed by atoms with van der Waals surface area (Å²) < 4.78 is 7.25. The fourth-order valence-electron chi connectivity index (χ4n) is 3.51. The zero-order chi connectivity index (χ0) is 21.3. The minimum Gasteiger partial charge on any atom is -0.404 e. The van der Waals surface area contributed by atoms with E-state index in [1.54, 1.807) is 17.1 Å². The summed E-state index contributed by atoms with van der Waals surface area (Å²) in [6, 6.07) is 3.93. The lowest BCUT2D eigenvalue weighted by Gasteiger charge is -2.26. The molecular formula is C21H24N8O. The number of pyridine rings is 1. The Hall–Kier alpha value is -3.75. The van der Waals surface area contributed by atoms with Crippen LogP contribution in [-0.2, 0) is 12.5 Å². The SMILES string of the molecule is C=C(N)/N=C\C(=C/N)c1ccc([C@@](C)(c2noc(-c3cnn(C)c3)n2)C2CC2)cn1. The summed E-state index contributed by atoms with van der Waals surface area (Å²) in [5.74, 6) is 1.74. The molecule has 1 fully saturated rings. The van der Waals surface area contributed by atoms with Crippen molar-refractivity contribution >= 4 is 11.8 Å². The highest BCUT2D eigenvalue weighted by molar-refractivity contribution is 6.09. The third-order valence-electron chi connectivity index (χ3n) is 5.44. The van der Waals surface area contributed by atoms with Crippen LogP contribution >= 0.6 is 0 Å². The molecule has 0 saturated heterocycles. The van der Waals surface area contributed by atoms with Crippen molar-refractivity contribution in [1.29, 1.82) is 0 Å². The van der Waals surface area contributed by atoms with E-state index in [4.69, 9.17) is 21.0 Å². The maximum absolute atomic E-state index is 5.72. The Labute approximate surface area is 174 Å². The van der Waals surface area contributed by atoms with Gasteiger partial charge in [-0.05, 0) is 37.3 Å². The highest BCUT2D eigenvalue weighted by Crippen LogP contribution is 2.50. The molecule has 1 aliphatic carbocycles. The van der Waals surface area contributed by atoms with E-state index in [1.807, 2.05) is 31.6 Å². The first-order chi connectivity index (χ1) is 14.4. The van der Waals surface area contributed by atoms with Crippen molar-refractivity contribution in [2.24, 2.45) is 29.4 Å². The van der Waals surface area contributed by atoms with Crippen molar-refractivity contribution in [3.05, 3.63) is 66.4 Å². The zero-order valence-corrected chi connectivity index (χ0v) is 17.0. The van der Waals surface area contributed by atoms with Gasteiger partial charge in [0.25, 0.3) is 5.89 Å². The number of hydrogen-bond acceptors (Lipinski definition) is 8. The predicted octanol–water partition coefficient (Wildman–Crippen LogP) is 2.38. The van der Waals surface area contributed by atoms with Gasteiger partial charge in [-0.15, -0.1) is 0 Å². The van der Waals surface area contributed by atoms with E-state index in [0.717, 1.165) is 24.0 Å². The van der Waals surface area contributed by atoms with Gasteiger partial charge in [-0.25, -0.2) is 4.99 Å². The number of aromatic nitrogens is 5. The summed E-state index contributed by atoms with van der Waals surface area (Å²) in [6.45, 7) is 5.69. The molecule has 1 saturated carbocycles. The van der Waals surface area contributed by atoms with Crippen LogP contribution in [0.3, 0.4) is 0 Å². The average Bonchev–Trinajstić information content (AvgIpc) is 3.32. The maximum atomic E-state index is 5.72. The van der Waals surface area contributed by atoms with Gasteiger partial charge >= 0.3 is 0 Å². The Bertz CT molecular complexity index is 1120. The third kappa shape index (κ3) is 3.61. The second kappa shape index (κ2) is 7.58. The number of nitrogens with zero attached hydrogens (tertiary/aromatic N) is 6. The Morgan fingerprint density at radius 1 is 1.37 bits per heavy atom. The molecule has 9 heteroatoms. The molecule has 0 amide bonds. The third-order valence-corrected chi connectivity index (χ3v) is 5.44. The van der Waals surface area contributed by atoms with Gasteiger partial charge in [0.05, 0.1) is 22.9 Å². The van der Waals surface area contributed by atoms with E-state index < -0.39 is 5.41 Å². The number of allylic oxidation sites excluding steroid dienone is 1. The molecule has 0 aromatic carbocycles. The molecule has 3 aromatic rings. The molecule has 9 nitrogen and oxygen atoms in total. The minimum absolute atomic E-state index is 0.203. The monoisotopic (exact) mass is 404 g/mol. The lowest BCUT2D eigenvalue weighted by atomic mass is 9.77. The molecule has 3 heterocycles. The fourth-order valence-corrected chi connectivity index (χ4v) is 3.51. The van der Waals surface area contributed by atoms with Gasteiger partial charge in [-0.2, -0.15) is 10.1 Å². The van der Waals surface area contributed by atoms with Crippen LogP contribution in [0.25, 0.3) is 17.0 Å². The van der Waals surface area contributed by atoms with Crippen molar-refractivity contribution in [2.75, 3.05) is 0 Å². The van der Waals surface area contributed by atoms with E-state index in [-0.39, 0.29) is 5.82 Å². The van der Waals surface area contributed by atoms with Gasteiger partial charge < -0.3 is 16.0 Å². The number of aliphatic imine (C=N–C) groups is 1. The largest absolute Gasteiger partial charge is 0.404 e. The second-order valence-corrected chi connectivity index (χ2v) is 7.61. The molecule has 1 atom stereocenters. The van der Waals surface area contributed by atoms with E-state index in [9.17, 15) is 0 Å². The average molecular weight is 404 g/mol. The second-order valence-electron chi connectivity index (χ2n) is 7.61. The minimum atomic E-state index is -0.401. The molecular weight excluding hydrogens is 380 g/mol. The van der Waals surface area contributed by atoms with Crippen molar-refractivity contribution in [3.8, 4) is 11.5 Å². The zero-order valence-electron chi connectivity index (χ0n) is 17.0. The van der Waals surface area contributed by atoms with Gasteiger partial charge in [0.1, 0.15) is 5.82 Å². The number of nitrogens with two attached hydrogens (primary N) is 2. The summed E-state index contributed by atoms with van der Waals surface area (Å²) in [5.41, 5.74) is 14.0. The number of aryl methyl sites for hydroxylation is 1. The highest BCUT2D eigenvalue weighted by Gasteiger charge is 2.47. The van der Waals surface area contributed by atoms with Crippen molar-refractivity contribution in [2.45, 2.75) is 25.2 Å². The lowest BCUT2D eigenvalue weighted by Crippen LogP contribution is -2.28. The highest BCUT2D eigenvalue weighted by atomic mass is 16.5. The Morgan fingerprint density at radius 2 is 2.17 bits per heavy atom. The van der Waals surface area contributed by atoms with Crippen LogP contribution in [0.2, 0.25) is 0 Å².